The second kappa shape index (κ2) is 5.99. The molecule has 21 heavy (non-hydrogen) atoms. The van der Waals surface area contributed by atoms with Crippen molar-refractivity contribution in [2.24, 2.45) is 0 Å². The number of hydrogen-bond donors (Lipinski definition) is 2. The second-order valence-corrected chi connectivity index (χ2v) is 4.85. The van der Waals surface area contributed by atoms with Gasteiger partial charge in [-0.25, -0.2) is 9.69 Å². The Balaban J connectivity index is 1.91. The number of H-pyrrole nitrogens is 1. The number of nitrogens with one attached hydrogen (secondary N) is 2. The fourth-order valence-electron chi connectivity index (χ4n) is 2.25. The van der Waals surface area contributed by atoms with E-state index in [1.807, 2.05) is 35.3 Å². The van der Waals surface area contributed by atoms with Crippen LogP contribution in [0.1, 0.15) is 0 Å². The van der Waals surface area contributed by atoms with E-state index in [0.29, 0.717) is 23.8 Å². The molecule has 1 saturated heterocycles. The van der Waals surface area contributed by atoms with Gasteiger partial charge in [0.1, 0.15) is 0 Å². The molecule has 2 heterocycles. The van der Waals surface area contributed by atoms with E-state index in [4.69, 9.17) is 4.74 Å². The van der Waals surface area contributed by atoms with Crippen LogP contribution >= 0.6 is 0 Å². The number of nitrogens with zero attached hydrogens (tertiary/aromatic N) is 2. The standard InChI is InChI=1S/C15H18N4O2/c1-12-14(11-16-18-7-9-21-10-8-18)15(20)19(17-12)13-5-3-2-4-6-13/h2-6,11,16-17H,1,7-10H2/b14-11-. The Bertz CT molecular complexity index is 757. The maximum Gasteiger partial charge on any atom is 0.280 e. The fraction of sp³-hybridized carbons (Fsp3) is 0.267. The first-order valence-electron chi connectivity index (χ1n) is 6.90. The van der Waals surface area contributed by atoms with Gasteiger partial charge in [0.2, 0.25) is 0 Å². The third kappa shape index (κ3) is 2.91. The van der Waals surface area contributed by atoms with Crippen molar-refractivity contribution in [3.05, 3.63) is 51.3 Å². The quantitative estimate of drug-likeness (QED) is 0.772. The Hall–Kier alpha value is -2.31. The van der Waals surface area contributed by atoms with Crippen LogP contribution in [0, 0.1) is 0 Å². The molecule has 0 radical (unpaired) electrons. The molecular formula is C15H18N4O2. The molecule has 0 unspecified atom stereocenters. The molecule has 1 aromatic heterocycles. The molecule has 0 bridgehead atoms. The molecule has 1 fully saturated rings. The SMILES string of the molecule is C=c1[nH]n(-c2ccccc2)c(=O)/c1=C\NN1CCOCC1. The fourth-order valence-corrected chi connectivity index (χ4v) is 2.25. The van der Waals surface area contributed by atoms with E-state index in [1.165, 1.54) is 4.68 Å². The van der Waals surface area contributed by atoms with Crippen molar-refractivity contribution in [3.8, 4) is 5.69 Å². The highest BCUT2D eigenvalue weighted by atomic mass is 16.5. The molecule has 0 atom stereocenters. The van der Waals surface area contributed by atoms with Gasteiger partial charge in [-0.1, -0.05) is 24.8 Å². The number of hydrazine groups is 1. The number of benzene rings is 1. The summed E-state index contributed by atoms with van der Waals surface area (Å²) in [5.41, 5.74) is 3.81. The molecule has 3 rings (SSSR count). The molecule has 2 aromatic rings. The van der Waals surface area contributed by atoms with Gasteiger partial charge in [-0.3, -0.25) is 9.89 Å². The van der Waals surface area contributed by atoms with Gasteiger partial charge in [0.25, 0.3) is 5.56 Å². The van der Waals surface area contributed by atoms with E-state index in [1.54, 1.807) is 6.20 Å². The number of rotatable bonds is 3. The molecule has 0 amide bonds. The molecule has 1 aromatic carbocycles. The van der Waals surface area contributed by atoms with Crippen LogP contribution in [-0.2, 0) is 4.74 Å². The molecule has 2 N–H and O–H groups in total. The third-order valence-corrected chi connectivity index (χ3v) is 3.42. The second-order valence-electron chi connectivity index (χ2n) is 4.85. The van der Waals surface area contributed by atoms with E-state index < -0.39 is 0 Å². The smallest absolute Gasteiger partial charge is 0.280 e. The molecule has 110 valence electrons. The minimum atomic E-state index is -0.119. The summed E-state index contributed by atoms with van der Waals surface area (Å²) in [7, 11) is 0. The zero-order chi connectivity index (χ0) is 14.7. The minimum Gasteiger partial charge on any atom is -0.379 e. The van der Waals surface area contributed by atoms with Gasteiger partial charge in [0.05, 0.1) is 29.5 Å². The monoisotopic (exact) mass is 286 g/mol. The van der Waals surface area contributed by atoms with Crippen LogP contribution in [0.5, 0.6) is 0 Å². The Kier molecular flexibility index (Phi) is 3.89. The summed E-state index contributed by atoms with van der Waals surface area (Å²) in [5.74, 6) is 0. The lowest BCUT2D eigenvalue weighted by molar-refractivity contribution is 0.0240. The topological polar surface area (TPSA) is 62.3 Å². The average molecular weight is 286 g/mol. The maximum absolute atomic E-state index is 12.4. The van der Waals surface area contributed by atoms with Crippen LogP contribution in [0.15, 0.2) is 35.1 Å². The van der Waals surface area contributed by atoms with Crippen LogP contribution in [0.4, 0.5) is 0 Å². The molecule has 0 saturated carbocycles. The first-order chi connectivity index (χ1) is 10.3. The van der Waals surface area contributed by atoms with Gasteiger partial charge in [0.15, 0.2) is 0 Å². The van der Waals surface area contributed by atoms with Crippen LogP contribution in [0.2, 0.25) is 0 Å². The van der Waals surface area contributed by atoms with Gasteiger partial charge in [-0.15, -0.1) is 0 Å². The molecule has 6 heteroatoms. The summed E-state index contributed by atoms with van der Waals surface area (Å²) in [6.07, 6.45) is 1.70. The lowest BCUT2D eigenvalue weighted by Crippen LogP contribution is -2.46. The van der Waals surface area contributed by atoms with Crippen molar-refractivity contribution in [1.82, 2.24) is 20.2 Å². The lowest BCUT2D eigenvalue weighted by atomic mass is 10.3. The lowest BCUT2D eigenvalue weighted by Gasteiger charge is -2.25. The molecule has 1 aliphatic rings. The molecule has 1 aliphatic heterocycles. The highest BCUT2D eigenvalue weighted by Crippen LogP contribution is 1.99. The van der Waals surface area contributed by atoms with E-state index in [-0.39, 0.29) is 5.56 Å². The van der Waals surface area contributed by atoms with Gasteiger partial charge >= 0.3 is 0 Å². The van der Waals surface area contributed by atoms with Crippen molar-refractivity contribution in [1.29, 1.82) is 0 Å². The first-order valence-corrected chi connectivity index (χ1v) is 6.90. The number of aromatic nitrogens is 2. The number of morpholine rings is 1. The Morgan fingerprint density at radius 2 is 1.95 bits per heavy atom. The van der Waals surface area contributed by atoms with Crippen LogP contribution < -0.4 is 21.6 Å². The van der Waals surface area contributed by atoms with Gasteiger partial charge in [-0.05, 0) is 12.1 Å². The molecule has 0 spiro atoms. The highest BCUT2D eigenvalue weighted by molar-refractivity contribution is 5.31. The summed E-state index contributed by atoms with van der Waals surface area (Å²) in [6, 6.07) is 9.43. The van der Waals surface area contributed by atoms with Gasteiger partial charge in [-0.2, -0.15) is 0 Å². The Morgan fingerprint density at radius 3 is 2.67 bits per heavy atom. The van der Waals surface area contributed by atoms with E-state index in [9.17, 15) is 4.79 Å². The van der Waals surface area contributed by atoms with Crippen molar-refractivity contribution in [3.63, 3.8) is 0 Å². The zero-order valence-corrected chi connectivity index (χ0v) is 11.7. The van der Waals surface area contributed by atoms with Gasteiger partial charge in [0, 0.05) is 19.3 Å². The maximum atomic E-state index is 12.4. The summed E-state index contributed by atoms with van der Waals surface area (Å²) in [5, 5.41) is 6.13. The zero-order valence-electron chi connectivity index (χ0n) is 11.7. The van der Waals surface area contributed by atoms with Crippen molar-refractivity contribution in [2.75, 3.05) is 26.3 Å². The predicted octanol–water partition coefficient (Wildman–Crippen LogP) is -0.849. The summed E-state index contributed by atoms with van der Waals surface area (Å²) in [6.45, 7) is 6.87. The van der Waals surface area contributed by atoms with Crippen LogP contribution in [0.3, 0.4) is 0 Å². The van der Waals surface area contributed by atoms with Gasteiger partial charge < -0.3 is 10.2 Å². The molecule has 0 aliphatic carbocycles. The number of aromatic amines is 1. The van der Waals surface area contributed by atoms with Crippen LogP contribution in [0.25, 0.3) is 18.5 Å². The number of ether oxygens (including phenoxy) is 1. The normalized spacial score (nSPS) is 17.0. The average Bonchev–Trinajstić information content (AvgIpc) is 2.82. The summed E-state index contributed by atoms with van der Waals surface area (Å²) >= 11 is 0. The molecule has 6 nitrogen and oxygen atoms in total. The van der Waals surface area contributed by atoms with E-state index in [2.05, 4.69) is 17.1 Å². The predicted molar refractivity (Wildman–Crippen MR) is 81.2 cm³/mol. The molecular weight excluding hydrogens is 268 g/mol. The summed E-state index contributed by atoms with van der Waals surface area (Å²) < 4.78 is 6.78. The largest absolute Gasteiger partial charge is 0.379 e. The third-order valence-electron chi connectivity index (χ3n) is 3.42. The van der Waals surface area contributed by atoms with Crippen molar-refractivity contribution >= 4 is 12.8 Å². The van der Waals surface area contributed by atoms with Crippen molar-refractivity contribution in [2.45, 2.75) is 0 Å². The van der Waals surface area contributed by atoms with Crippen molar-refractivity contribution < 1.29 is 4.74 Å². The highest BCUT2D eigenvalue weighted by Gasteiger charge is 2.09. The Labute approximate surface area is 121 Å². The first kappa shape index (κ1) is 13.7. The minimum absolute atomic E-state index is 0.119. The van der Waals surface area contributed by atoms with E-state index >= 15 is 0 Å². The Morgan fingerprint density at radius 1 is 1.24 bits per heavy atom. The van der Waals surface area contributed by atoms with E-state index in [0.717, 1.165) is 18.8 Å². The van der Waals surface area contributed by atoms with Crippen LogP contribution in [-0.4, -0.2) is 41.1 Å². The number of hydrogen-bond acceptors (Lipinski definition) is 4. The summed E-state index contributed by atoms with van der Waals surface area (Å²) in [4.78, 5) is 12.4. The number of para-hydroxylation sites is 1.